The van der Waals surface area contributed by atoms with Crippen LogP contribution < -0.4 is 5.73 Å². The maximum Gasteiger partial charge on any atom is 0.241 e. The summed E-state index contributed by atoms with van der Waals surface area (Å²) in [4.78, 5) is 10.6. The van der Waals surface area contributed by atoms with Crippen molar-refractivity contribution in [1.82, 2.24) is 0 Å². The smallest absolute Gasteiger partial charge is 0.241 e. The highest BCUT2D eigenvalue weighted by atomic mass is 16.1. The lowest BCUT2D eigenvalue weighted by Gasteiger charge is -2.01. The summed E-state index contributed by atoms with van der Waals surface area (Å²) >= 11 is 0. The van der Waals surface area contributed by atoms with Gasteiger partial charge in [0.2, 0.25) is 5.91 Å². The third kappa shape index (κ3) is 3.05. The van der Waals surface area contributed by atoms with Crippen molar-refractivity contribution in [2.24, 2.45) is 5.73 Å². The van der Waals surface area contributed by atoms with E-state index in [2.05, 4.69) is 12.1 Å². The minimum absolute atomic E-state index is 0.433. The Morgan fingerprint density at radius 1 is 0.882 bits per heavy atom. The number of primary amides is 1. The Morgan fingerprint density at radius 3 is 2.06 bits per heavy atom. The molecule has 0 heterocycles. The fourth-order valence-electron chi connectivity index (χ4n) is 1.60. The normalized spacial score (nSPS) is 10.6. The van der Waals surface area contributed by atoms with E-state index in [1.54, 1.807) is 6.08 Å². The first kappa shape index (κ1) is 11.1. The van der Waals surface area contributed by atoms with Crippen molar-refractivity contribution in [2.45, 2.75) is 0 Å². The molecule has 0 aliphatic carbocycles. The summed E-state index contributed by atoms with van der Waals surface area (Å²) in [5.74, 6) is -0.433. The van der Waals surface area contributed by atoms with Crippen LogP contribution in [0, 0.1) is 0 Å². The molecular formula is C15H13NO. The van der Waals surface area contributed by atoms with Gasteiger partial charge in [-0.2, -0.15) is 0 Å². The van der Waals surface area contributed by atoms with Gasteiger partial charge in [0, 0.05) is 6.08 Å². The molecule has 0 unspecified atom stereocenters. The second-order valence-electron chi connectivity index (χ2n) is 3.72. The van der Waals surface area contributed by atoms with Crippen LogP contribution >= 0.6 is 0 Å². The van der Waals surface area contributed by atoms with Gasteiger partial charge in [0.05, 0.1) is 0 Å². The fourth-order valence-corrected chi connectivity index (χ4v) is 1.60. The highest BCUT2D eigenvalue weighted by Crippen LogP contribution is 2.19. The van der Waals surface area contributed by atoms with Gasteiger partial charge >= 0.3 is 0 Å². The summed E-state index contributed by atoms with van der Waals surface area (Å²) in [5.41, 5.74) is 8.33. The molecule has 0 aliphatic heterocycles. The van der Waals surface area contributed by atoms with E-state index in [0.717, 1.165) is 11.1 Å². The molecule has 2 aromatic carbocycles. The van der Waals surface area contributed by atoms with Crippen LogP contribution in [0.1, 0.15) is 5.56 Å². The molecule has 0 aromatic heterocycles. The first-order valence-corrected chi connectivity index (χ1v) is 5.39. The molecular weight excluding hydrogens is 210 g/mol. The molecule has 0 aliphatic rings. The number of nitrogens with two attached hydrogens (primary N) is 1. The quantitative estimate of drug-likeness (QED) is 0.799. The average molecular weight is 223 g/mol. The first-order chi connectivity index (χ1) is 8.25. The number of carbonyl (C=O) groups excluding carboxylic acids is 1. The van der Waals surface area contributed by atoms with E-state index in [1.165, 1.54) is 11.6 Å². The van der Waals surface area contributed by atoms with Crippen LogP contribution in [0.5, 0.6) is 0 Å². The molecule has 2 nitrogen and oxygen atoms in total. The van der Waals surface area contributed by atoms with E-state index in [-0.39, 0.29) is 0 Å². The highest BCUT2D eigenvalue weighted by Gasteiger charge is 1.95. The summed E-state index contributed by atoms with van der Waals surface area (Å²) in [7, 11) is 0. The Bertz CT molecular complexity index is 527. The summed E-state index contributed by atoms with van der Waals surface area (Å²) in [5, 5.41) is 0. The lowest BCUT2D eigenvalue weighted by atomic mass is 10.0. The fraction of sp³-hybridized carbons (Fsp3) is 0. The van der Waals surface area contributed by atoms with Crippen LogP contribution in [0.3, 0.4) is 0 Å². The van der Waals surface area contributed by atoms with Crippen molar-refractivity contribution in [3.8, 4) is 11.1 Å². The third-order valence-electron chi connectivity index (χ3n) is 2.46. The van der Waals surface area contributed by atoms with Crippen molar-refractivity contribution < 1.29 is 4.79 Å². The molecule has 0 spiro atoms. The lowest BCUT2D eigenvalue weighted by molar-refractivity contribution is -0.113. The molecule has 0 saturated carbocycles. The Balaban J connectivity index is 2.22. The molecule has 0 saturated heterocycles. The van der Waals surface area contributed by atoms with Crippen molar-refractivity contribution in [1.29, 1.82) is 0 Å². The van der Waals surface area contributed by atoms with Crippen molar-refractivity contribution in [3.63, 3.8) is 0 Å². The van der Waals surface area contributed by atoms with Gasteiger partial charge in [-0.1, -0.05) is 54.6 Å². The van der Waals surface area contributed by atoms with Gasteiger partial charge in [0.1, 0.15) is 0 Å². The van der Waals surface area contributed by atoms with E-state index in [0.29, 0.717) is 0 Å². The van der Waals surface area contributed by atoms with Crippen LogP contribution in [0.15, 0.2) is 60.7 Å². The molecule has 0 radical (unpaired) electrons. The van der Waals surface area contributed by atoms with Crippen molar-refractivity contribution in [3.05, 3.63) is 66.2 Å². The average Bonchev–Trinajstić information content (AvgIpc) is 2.38. The highest BCUT2D eigenvalue weighted by molar-refractivity contribution is 5.90. The maximum absolute atomic E-state index is 10.6. The second kappa shape index (κ2) is 5.12. The van der Waals surface area contributed by atoms with Gasteiger partial charge in [-0.05, 0) is 22.8 Å². The Kier molecular flexibility index (Phi) is 3.36. The number of hydrogen-bond acceptors (Lipinski definition) is 1. The van der Waals surface area contributed by atoms with Crippen LogP contribution in [-0.4, -0.2) is 5.91 Å². The number of carbonyl (C=O) groups is 1. The molecule has 0 bridgehead atoms. The van der Waals surface area contributed by atoms with E-state index < -0.39 is 5.91 Å². The van der Waals surface area contributed by atoms with E-state index in [4.69, 9.17) is 5.73 Å². The van der Waals surface area contributed by atoms with Gasteiger partial charge in [-0.15, -0.1) is 0 Å². The molecule has 2 heteroatoms. The maximum atomic E-state index is 10.6. The lowest BCUT2D eigenvalue weighted by Crippen LogP contribution is -2.04. The second-order valence-corrected chi connectivity index (χ2v) is 3.72. The predicted molar refractivity (Wildman–Crippen MR) is 70.1 cm³/mol. The Labute approximate surface area is 100 Å². The van der Waals surface area contributed by atoms with E-state index in [9.17, 15) is 4.79 Å². The SMILES string of the molecule is NC(=O)/C=C/c1ccc(-c2ccccc2)cc1. The van der Waals surface area contributed by atoms with E-state index >= 15 is 0 Å². The zero-order valence-electron chi connectivity index (χ0n) is 9.34. The van der Waals surface area contributed by atoms with E-state index in [1.807, 2.05) is 42.5 Å². The Morgan fingerprint density at radius 2 is 1.47 bits per heavy atom. The Hall–Kier alpha value is -2.35. The van der Waals surface area contributed by atoms with Crippen molar-refractivity contribution >= 4 is 12.0 Å². The summed E-state index contributed by atoms with van der Waals surface area (Å²) < 4.78 is 0. The van der Waals surface area contributed by atoms with Crippen LogP contribution in [-0.2, 0) is 4.79 Å². The predicted octanol–water partition coefficient (Wildman–Crippen LogP) is 2.85. The standard InChI is InChI=1S/C15H13NO/c16-15(17)11-8-12-6-9-14(10-7-12)13-4-2-1-3-5-13/h1-11H,(H2,16,17)/b11-8+. The number of benzene rings is 2. The topological polar surface area (TPSA) is 43.1 Å². The molecule has 0 atom stereocenters. The number of rotatable bonds is 3. The first-order valence-electron chi connectivity index (χ1n) is 5.39. The number of amides is 1. The van der Waals surface area contributed by atoms with Crippen LogP contribution in [0.2, 0.25) is 0 Å². The van der Waals surface area contributed by atoms with Gasteiger partial charge in [-0.3, -0.25) is 4.79 Å². The van der Waals surface area contributed by atoms with Crippen molar-refractivity contribution in [2.75, 3.05) is 0 Å². The van der Waals surface area contributed by atoms with Crippen LogP contribution in [0.4, 0.5) is 0 Å². The van der Waals surface area contributed by atoms with Gasteiger partial charge < -0.3 is 5.73 Å². The largest absolute Gasteiger partial charge is 0.366 e. The minimum atomic E-state index is -0.433. The zero-order chi connectivity index (χ0) is 12.1. The van der Waals surface area contributed by atoms with Gasteiger partial charge in [-0.25, -0.2) is 0 Å². The number of hydrogen-bond donors (Lipinski definition) is 1. The van der Waals surface area contributed by atoms with Gasteiger partial charge in [0.15, 0.2) is 0 Å². The molecule has 17 heavy (non-hydrogen) atoms. The van der Waals surface area contributed by atoms with Crippen LogP contribution in [0.25, 0.3) is 17.2 Å². The summed E-state index contributed by atoms with van der Waals surface area (Å²) in [6.45, 7) is 0. The molecule has 0 fully saturated rings. The molecule has 2 rings (SSSR count). The summed E-state index contributed by atoms with van der Waals surface area (Å²) in [6.07, 6.45) is 3.06. The third-order valence-corrected chi connectivity index (χ3v) is 2.46. The van der Waals surface area contributed by atoms with Gasteiger partial charge in [0.25, 0.3) is 0 Å². The molecule has 84 valence electrons. The molecule has 1 amide bonds. The summed E-state index contributed by atoms with van der Waals surface area (Å²) in [6, 6.07) is 18.1. The monoisotopic (exact) mass is 223 g/mol. The minimum Gasteiger partial charge on any atom is -0.366 e. The molecule has 2 N–H and O–H groups in total. The molecule has 2 aromatic rings. The zero-order valence-corrected chi connectivity index (χ0v) is 9.34.